The van der Waals surface area contributed by atoms with Gasteiger partial charge < -0.3 is 4.74 Å². The number of anilines is 1. The summed E-state index contributed by atoms with van der Waals surface area (Å²) in [6.07, 6.45) is 3.74. The van der Waals surface area contributed by atoms with E-state index in [1.807, 2.05) is 38.1 Å². The number of imide groups is 1. The molecule has 26 heavy (non-hydrogen) atoms. The number of rotatable bonds is 3. The zero-order valence-corrected chi connectivity index (χ0v) is 15.2. The largest absolute Gasteiger partial charge is 0.457 e. The van der Waals surface area contributed by atoms with Gasteiger partial charge in [-0.2, -0.15) is 0 Å². The Balaban J connectivity index is 1.54. The van der Waals surface area contributed by atoms with Gasteiger partial charge in [0.25, 0.3) is 0 Å². The van der Waals surface area contributed by atoms with Gasteiger partial charge in [0.1, 0.15) is 11.5 Å². The number of fused-ring (bicyclic) bond motifs is 1. The van der Waals surface area contributed by atoms with Crippen molar-refractivity contribution >= 4 is 17.5 Å². The van der Waals surface area contributed by atoms with Crippen molar-refractivity contribution in [1.29, 1.82) is 0 Å². The van der Waals surface area contributed by atoms with Gasteiger partial charge in [0, 0.05) is 0 Å². The standard InChI is InChI=1S/C22H23NO3/c1-14-11-15(2)13-18(12-14)26-17-9-7-16(8-10-17)23-21(24)19-5-3-4-6-20(19)22(23)25/h7-13,19-20H,3-6H2,1-2H3/t19-,20-/m1/s1. The topological polar surface area (TPSA) is 46.6 Å². The molecule has 1 saturated carbocycles. The first-order valence-corrected chi connectivity index (χ1v) is 9.27. The second-order valence-corrected chi connectivity index (χ2v) is 7.43. The molecule has 0 bridgehead atoms. The quantitative estimate of drug-likeness (QED) is 0.750. The van der Waals surface area contributed by atoms with E-state index in [2.05, 4.69) is 6.07 Å². The number of benzene rings is 2. The lowest BCUT2D eigenvalue weighted by molar-refractivity contribution is -0.122. The Morgan fingerprint density at radius 2 is 1.35 bits per heavy atom. The van der Waals surface area contributed by atoms with E-state index in [9.17, 15) is 9.59 Å². The fourth-order valence-corrected chi connectivity index (χ4v) is 4.21. The number of aryl methyl sites for hydroxylation is 2. The van der Waals surface area contributed by atoms with Crippen LogP contribution in [-0.4, -0.2) is 11.8 Å². The molecular formula is C22H23NO3. The maximum Gasteiger partial charge on any atom is 0.237 e. The van der Waals surface area contributed by atoms with Crippen molar-refractivity contribution in [3.8, 4) is 11.5 Å². The van der Waals surface area contributed by atoms with Crippen LogP contribution in [0.1, 0.15) is 36.8 Å². The molecule has 1 heterocycles. The monoisotopic (exact) mass is 349 g/mol. The SMILES string of the molecule is Cc1cc(C)cc(Oc2ccc(N3C(=O)[C@@H]4CCCC[C@H]4C3=O)cc2)c1. The van der Waals surface area contributed by atoms with Gasteiger partial charge >= 0.3 is 0 Å². The molecule has 0 unspecified atom stereocenters. The van der Waals surface area contributed by atoms with E-state index >= 15 is 0 Å². The van der Waals surface area contributed by atoms with Crippen molar-refractivity contribution < 1.29 is 14.3 Å². The molecule has 134 valence electrons. The highest BCUT2D eigenvalue weighted by Crippen LogP contribution is 2.40. The number of carbonyl (C=O) groups is 2. The van der Waals surface area contributed by atoms with E-state index in [0.29, 0.717) is 11.4 Å². The summed E-state index contributed by atoms with van der Waals surface area (Å²) in [5.41, 5.74) is 2.93. The van der Waals surface area contributed by atoms with Crippen LogP contribution in [0.2, 0.25) is 0 Å². The predicted molar refractivity (Wildman–Crippen MR) is 100 cm³/mol. The lowest BCUT2D eigenvalue weighted by Gasteiger charge is -2.19. The van der Waals surface area contributed by atoms with Crippen molar-refractivity contribution in [3.63, 3.8) is 0 Å². The number of nitrogens with zero attached hydrogens (tertiary/aromatic N) is 1. The molecule has 2 aliphatic rings. The Kier molecular flexibility index (Phi) is 4.27. The van der Waals surface area contributed by atoms with Gasteiger partial charge in [-0.3, -0.25) is 14.5 Å². The summed E-state index contributed by atoms with van der Waals surface area (Å²) in [7, 11) is 0. The van der Waals surface area contributed by atoms with E-state index < -0.39 is 0 Å². The second kappa shape index (κ2) is 6.60. The fourth-order valence-electron chi connectivity index (χ4n) is 4.21. The van der Waals surface area contributed by atoms with Crippen LogP contribution in [-0.2, 0) is 9.59 Å². The molecule has 1 aliphatic carbocycles. The van der Waals surface area contributed by atoms with E-state index in [1.54, 1.807) is 12.1 Å². The first kappa shape index (κ1) is 16.8. The highest BCUT2D eigenvalue weighted by atomic mass is 16.5. The van der Waals surface area contributed by atoms with E-state index in [0.717, 1.165) is 42.6 Å². The molecule has 2 fully saturated rings. The van der Waals surface area contributed by atoms with Crippen molar-refractivity contribution in [2.45, 2.75) is 39.5 Å². The van der Waals surface area contributed by atoms with E-state index in [4.69, 9.17) is 4.74 Å². The van der Waals surface area contributed by atoms with Crippen molar-refractivity contribution in [2.75, 3.05) is 4.90 Å². The molecule has 4 rings (SSSR count). The lowest BCUT2D eigenvalue weighted by Crippen LogP contribution is -2.30. The molecule has 1 aliphatic heterocycles. The molecule has 1 saturated heterocycles. The van der Waals surface area contributed by atoms with Crippen molar-refractivity contribution in [1.82, 2.24) is 0 Å². The molecule has 4 nitrogen and oxygen atoms in total. The zero-order valence-electron chi connectivity index (χ0n) is 15.2. The molecule has 0 aromatic heterocycles. The third-order valence-electron chi connectivity index (χ3n) is 5.37. The fraction of sp³-hybridized carbons (Fsp3) is 0.364. The average Bonchev–Trinajstić information content (AvgIpc) is 2.86. The minimum absolute atomic E-state index is 0.0392. The zero-order chi connectivity index (χ0) is 18.3. The molecule has 0 spiro atoms. The molecular weight excluding hydrogens is 326 g/mol. The number of hydrogen-bond donors (Lipinski definition) is 0. The highest BCUT2D eigenvalue weighted by Gasteiger charge is 2.48. The summed E-state index contributed by atoms with van der Waals surface area (Å²) in [5, 5.41) is 0. The van der Waals surface area contributed by atoms with Gasteiger partial charge in [0.05, 0.1) is 17.5 Å². The van der Waals surface area contributed by atoms with E-state index in [1.165, 1.54) is 4.90 Å². The first-order chi connectivity index (χ1) is 12.5. The van der Waals surface area contributed by atoms with Crippen LogP contribution in [0, 0.1) is 25.7 Å². The average molecular weight is 349 g/mol. The molecule has 0 N–H and O–H groups in total. The van der Waals surface area contributed by atoms with Gasteiger partial charge in [-0.05, 0) is 74.2 Å². The molecule has 2 atom stereocenters. The first-order valence-electron chi connectivity index (χ1n) is 9.27. The van der Waals surface area contributed by atoms with Crippen LogP contribution in [0.15, 0.2) is 42.5 Å². The Hall–Kier alpha value is -2.62. The van der Waals surface area contributed by atoms with Crippen LogP contribution in [0.4, 0.5) is 5.69 Å². The van der Waals surface area contributed by atoms with Crippen molar-refractivity contribution in [2.24, 2.45) is 11.8 Å². The summed E-state index contributed by atoms with van der Waals surface area (Å²) in [6.45, 7) is 4.07. The minimum Gasteiger partial charge on any atom is -0.457 e. The second-order valence-electron chi connectivity index (χ2n) is 7.43. The smallest absolute Gasteiger partial charge is 0.237 e. The summed E-state index contributed by atoms with van der Waals surface area (Å²) >= 11 is 0. The van der Waals surface area contributed by atoms with Crippen molar-refractivity contribution in [3.05, 3.63) is 53.6 Å². The predicted octanol–water partition coefficient (Wildman–Crippen LogP) is 4.78. The summed E-state index contributed by atoms with van der Waals surface area (Å²) in [6, 6.07) is 13.3. The number of carbonyl (C=O) groups excluding carboxylic acids is 2. The lowest BCUT2D eigenvalue weighted by atomic mass is 9.81. The van der Waals surface area contributed by atoms with Crippen LogP contribution in [0.5, 0.6) is 11.5 Å². The summed E-state index contributed by atoms with van der Waals surface area (Å²) in [5.74, 6) is 1.15. The molecule has 2 amide bonds. The summed E-state index contributed by atoms with van der Waals surface area (Å²) < 4.78 is 5.92. The molecule has 0 radical (unpaired) electrons. The normalized spacial score (nSPS) is 22.5. The number of hydrogen-bond acceptors (Lipinski definition) is 3. The van der Waals surface area contributed by atoms with Crippen LogP contribution >= 0.6 is 0 Å². The van der Waals surface area contributed by atoms with Crippen LogP contribution < -0.4 is 9.64 Å². The number of amides is 2. The molecule has 2 aromatic rings. The van der Waals surface area contributed by atoms with E-state index in [-0.39, 0.29) is 23.7 Å². The Morgan fingerprint density at radius 1 is 0.808 bits per heavy atom. The Morgan fingerprint density at radius 3 is 1.88 bits per heavy atom. The Bertz CT molecular complexity index is 812. The molecule has 2 aromatic carbocycles. The Labute approximate surface area is 153 Å². The third kappa shape index (κ3) is 3.00. The van der Waals surface area contributed by atoms with Crippen LogP contribution in [0.3, 0.4) is 0 Å². The van der Waals surface area contributed by atoms with Gasteiger partial charge in [-0.1, -0.05) is 18.9 Å². The van der Waals surface area contributed by atoms with Gasteiger partial charge in [-0.15, -0.1) is 0 Å². The van der Waals surface area contributed by atoms with Gasteiger partial charge in [0.2, 0.25) is 11.8 Å². The summed E-state index contributed by atoms with van der Waals surface area (Å²) in [4.78, 5) is 26.7. The number of ether oxygens (including phenoxy) is 1. The molecule has 4 heteroatoms. The highest BCUT2D eigenvalue weighted by molar-refractivity contribution is 6.22. The third-order valence-corrected chi connectivity index (χ3v) is 5.37. The minimum atomic E-state index is -0.123. The maximum atomic E-state index is 12.7. The van der Waals surface area contributed by atoms with Gasteiger partial charge in [0.15, 0.2) is 0 Å². The van der Waals surface area contributed by atoms with Gasteiger partial charge in [-0.25, -0.2) is 0 Å². The van der Waals surface area contributed by atoms with Crippen LogP contribution in [0.25, 0.3) is 0 Å². The maximum absolute atomic E-state index is 12.7.